The number of fused-ring (bicyclic) bond motifs is 1. The van der Waals surface area contributed by atoms with Crippen molar-refractivity contribution in [3.05, 3.63) is 16.6 Å². The molecule has 0 spiro atoms. The van der Waals surface area contributed by atoms with Crippen molar-refractivity contribution >= 4 is 23.2 Å². The van der Waals surface area contributed by atoms with Crippen molar-refractivity contribution in [1.29, 1.82) is 0 Å². The average molecular weight is 123 g/mol. The van der Waals surface area contributed by atoms with Crippen LogP contribution < -0.4 is 5.32 Å². The highest BCUT2D eigenvalue weighted by Crippen LogP contribution is 2.24. The van der Waals surface area contributed by atoms with Gasteiger partial charge < -0.3 is 0 Å². The summed E-state index contributed by atoms with van der Waals surface area (Å²) in [5, 5.41) is 3.98. The van der Waals surface area contributed by atoms with Gasteiger partial charge in [0.2, 0.25) is 0 Å². The summed E-state index contributed by atoms with van der Waals surface area (Å²) in [5.41, 5.74) is 1.80. The van der Waals surface area contributed by atoms with Crippen LogP contribution in [0.5, 0.6) is 0 Å². The summed E-state index contributed by atoms with van der Waals surface area (Å²) in [4.78, 5) is 5.16. The fraction of sp³-hybridized carbons (Fsp3) is 0. The first-order valence-electron chi connectivity index (χ1n) is 2.28. The maximum absolute atomic E-state index is 3.99. The van der Waals surface area contributed by atoms with Crippen molar-refractivity contribution in [2.45, 2.75) is 0 Å². The third-order valence-corrected chi connectivity index (χ3v) is 1.78. The summed E-state index contributed by atoms with van der Waals surface area (Å²) in [7, 11) is 0. The number of aromatic nitrogens is 1. The molecule has 1 aliphatic rings. The van der Waals surface area contributed by atoms with E-state index in [-0.39, 0.29) is 0 Å². The summed E-state index contributed by atoms with van der Waals surface area (Å²) in [6.07, 6.45) is 3.74. The zero-order chi connectivity index (χ0) is 5.40. The molecule has 1 aliphatic heterocycles. The first-order chi connectivity index (χ1) is 3.97. The van der Waals surface area contributed by atoms with E-state index >= 15 is 0 Å². The second-order valence-corrected chi connectivity index (χ2v) is 2.37. The highest BCUT2D eigenvalue weighted by atomic mass is 32.1. The predicted octanol–water partition coefficient (Wildman–Crippen LogP) is 1.36. The Morgan fingerprint density at radius 1 is 1.50 bits per heavy atom. The van der Waals surface area contributed by atoms with Crippen LogP contribution in [0.25, 0.3) is 6.08 Å². The number of hydrogen-bond donors (Lipinski definition) is 0. The van der Waals surface area contributed by atoms with Crippen molar-refractivity contribution in [1.82, 2.24) is 10.3 Å². The van der Waals surface area contributed by atoms with E-state index in [2.05, 4.69) is 10.3 Å². The predicted molar refractivity (Wildman–Crippen MR) is 32.9 cm³/mol. The molecule has 0 aliphatic carbocycles. The van der Waals surface area contributed by atoms with Crippen LogP contribution in [0.15, 0.2) is 11.7 Å². The monoisotopic (exact) mass is 123 g/mol. The Bertz CT molecular complexity index is 226. The van der Waals surface area contributed by atoms with Gasteiger partial charge in [0.25, 0.3) is 0 Å². The molecule has 1 aromatic heterocycles. The van der Waals surface area contributed by atoms with Crippen LogP contribution in [0.4, 0.5) is 5.82 Å². The van der Waals surface area contributed by atoms with Gasteiger partial charge in [0.05, 0.1) is 10.4 Å². The van der Waals surface area contributed by atoms with Crippen LogP contribution in [0.2, 0.25) is 0 Å². The van der Waals surface area contributed by atoms with E-state index in [9.17, 15) is 0 Å². The summed E-state index contributed by atoms with van der Waals surface area (Å²) >= 11 is 1.62. The molecule has 8 heavy (non-hydrogen) atoms. The lowest BCUT2D eigenvalue weighted by atomic mass is 10.5. The summed E-state index contributed by atoms with van der Waals surface area (Å²) in [6.45, 7) is 0. The standard InChI is InChI=1S/C5H3N2S/c1-2-6-5-4(1)8-3-7-5/h1-3H. The summed E-state index contributed by atoms with van der Waals surface area (Å²) in [6, 6.07) is 0. The van der Waals surface area contributed by atoms with Gasteiger partial charge in [-0.2, -0.15) is 0 Å². The van der Waals surface area contributed by atoms with Crippen molar-refractivity contribution in [3.63, 3.8) is 0 Å². The third-order valence-electron chi connectivity index (χ3n) is 0.998. The molecule has 0 fully saturated rings. The largest absolute Gasteiger partial charge is 0.236 e. The molecule has 39 valence electrons. The van der Waals surface area contributed by atoms with E-state index in [0.717, 1.165) is 5.82 Å². The van der Waals surface area contributed by atoms with Crippen LogP contribution in [0.3, 0.4) is 0 Å². The number of hydrogen-bond acceptors (Lipinski definition) is 2. The molecule has 1 radical (unpaired) electrons. The van der Waals surface area contributed by atoms with Gasteiger partial charge in [0.1, 0.15) is 0 Å². The van der Waals surface area contributed by atoms with E-state index in [1.807, 2.05) is 6.08 Å². The molecule has 0 amide bonds. The SMILES string of the molecule is C1=Cc2scnc2[N]1. The van der Waals surface area contributed by atoms with Gasteiger partial charge in [-0.05, 0) is 6.08 Å². The Kier molecular flexibility index (Phi) is 0.676. The van der Waals surface area contributed by atoms with E-state index in [0.29, 0.717) is 0 Å². The zero-order valence-electron chi connectivity index (χ0n) is 4.03. The van der Waals surface area contributed by atoms with Crippen LogP contribution in [-0.2, 0) is 0 Å². The van der Waals surface area contributed by atoms with Crippen LogP contribution in [0, 0.1) is 0 Å². The molecule has 2 heterocycles. The van der Waals surface area contributed by atoms with E-state index in [1.54, 1.807) is 23.0 Å². The van der Waals surface area contributed by atoms with E-state index in [4.69, 9.17) is 0 Å². The Balaban J connectivity index is 2.67. The lowest BCUT2D eigenvalue weighted by molar-refractivity contribution is 1.14. The second-order valence-electron chi connectivity index (χ2n) is 1.49. The van der Waals surface area contributed by atoms with Gasteiger partial charge in [-0.1, -0.05) is 0 Å². The molecule has 0 aromatic carbocycles. The van der Waals surface area contributed by atoms with Gasteiger partial charge in [-0.3, -0.25) is 0 Å². The minimum atomic E-state index is 0.870. The highest BCUT2D eigenvalue weighted by molar-refractivity contribution is 7.11. The smallest absolute Gasteiger partial charge is 0.170 e. The average Bonchev–Trinajstić information content (AvgIpc) is 2.15. The quantitative estimate of drug-likeness (QED) is 0.511. The normalized spacial score (nSPS) is 13.5. The Labute approximate surface area is 50.9 Å². The van der Waals surface area contributed by atoms with E-state index in [1.165, 1.54) is 4.88 Å². The summed E-state index contributed by atoms with van der Waals surface area (Å²) in [5.74, 6) is 0.870. The lowest BCUT2D eigenvalue weighted by Gasteiger charge is -1.78. The van der Waals surface area contributed by atoms with Gasteiger partial charge >= 0.3 is 0 Å². The van der Waals surface area contributed by atoms with Crippen molar-refractivity contribution in [3.8, 4) is 0 Å². The highest BCUT2D eigenvalue weighted by Gasteiger charge is 2.06. The Hall–Kier alpha value is -0.830. The van der Waals surface area contributed by atoms with Crippen LogP contribution >= 0.6 is 11.3 Å². The molecule has 0 saturated carbocycles. The molecule has 2 rings (SSSR count). The molecule has 0 unspecified atom stereocenters. The molecule has 3 heteroatoms. The molecule has 2 nitrogen and oxygen atoms in total. The van der Waals surface area contributed by atoms with Gasteiger partial charge in [-0.25, -0.2) is 10.3 Å². The molecule has 0 atom stereocenters. The van der Waals surface area contributed by atoms with Gasteiger partial charge in [0.15, 0.2) is 5.82 Å². The van der Waals surface area contributed by atoms with Gasteiger partial charge in [0, 0.05) is 6.20 Å². The van der Waals surface area contributed by atoms with Crippen molar-refractivity contribution in [2.75, 3.05) is 0 Å². The first kappa shape index (κ1) is 4.09. The Morgan fingerprint density at radius 3 is 3.38 bits per heavy atom. The fourth-order valence-electron chi connectivity index (χ4n) is 0.636. The summed E-state index contributed by atoms with van der Waals surface area (Å²) < 4.78 is 0. The van der Waals surface area contributed by atoms with Crippen molar-refractivity contribution in [2.24, 2.45) is 0 Å². The topological polar surface area (TPSA) is 27.0 Å². The first-order valence-corrected chi connectivity index (χ1v) is 3.16. The van der Waals surface area contributed by atoms with E-state index < -0.39 is 0 Å². The number of thiazole rings is 1. The molecular formula is C5H3N2S. The molecule has 0 bridgehead atoms. The molecular weight excluding hydrogens is 120 g/mol. The third kappa shape index (κ3) is 0.391. The minimum Gasteiger partial charge on any atom is -0.236 e. The Morgan fingerprint density at radius 2 is 2.50 bits per heavy atom. The van der Waals surface area contributed by atoms with Gasteiger partial charge in [-0.15, -0.1) is 11.3 Å². The lowest BCUT2D eigenvalue weighted by Crippen LogP contribution is -1.78. The fourth-order valence-corrected chi connectivity index (χ4v) is 1.25. The van der Waals surface area contributed by atoms with Crippen LogP contribution in [0.1, 0.15) is 4.88 Å². The minimum absolute atomic E-state index is 0.870. The molecule has 0 saturated heterocycles. The molecule has 1 aromatic rings. The molecule has 0 N–H and O–H groups in total. The number of rotatable bonds is 0. The maximum atomic E-state index is 3.99. The maximum Gasteiger partial charge on any atom is 0.170 e. The number of nitrogens with zero attached hydrogens (tertiary/aromatic N) is 2. The zero-order valence-corrected chi connectivity index (χ0v) is 4.85. The van der Waals surface area contributed by atoms with Crippen molar-refractivity contribution < 1.29 is 0 Å². The van der Waals surface area contributed by atoms with Crippen LogP contribution in [-0.4, -0.2) is 4.98 Å². The second kappa shape index (κ2) is 1.32.